The maximum absolute atomic E-state index is 12.1. The number of carbonyl (C=O) groups is 2. The van der Waals surface area contributed by atoms with E-state index in [9.17, 15) is 9.59 Å². The van der Waals surface area contributed by atoms with E-state index in [4.69, 9.17) is 5.11 Å². The summed E-state index contributed by atoms with van der Waals surface area (Å²) in [4.78, 5) is 23.2. The third-order valence-electron chi connectivity index (χ3n) is 3.99. The first kappa shape index (κ1) is 15.5. The number of carboxylic acids is 1. The summed E-state index contributed by atoms with van der Waals surface area (Å²) in [6.45, 7) is 1.99. The Morgan fingerprint density at radius 1 is 1.48 bits per heavy atom. The number of nitrogens with zero attached hydrogens (tertiary/aromatic N) is 2. The molecule has 2 N–H and O–H groups in total. The SMILES string of the molecule is CCCCC(NC(=O)c1ccn(C2CCCC2)n1)C(=O)O. The Labute approximate surface area is 124 Å². The van der Waals surface area contributed by atoms with E-state index >= 15 is 0 Å². The molecule has 0 spiro atoms. The van der Waals surface area contributed by atoms with Crippen LogP contribution in [0, 0.1) is 0 Å². The molecule has 21 heavy (non-hydrogen) atoms. The average Bonchev–Trinajstić information content (AvgIpc) is 3.12. The molecule has 1 aromatic rings. The van der Waals surface area contributed by atoms with Gasteiger partial charge in [-0.15, -0.1) is 0 Å². The van der Waals surface area contributed by atoms with Crippen molar-refractivity contribution in [3.05, 3.63) is 18.0 Å². The van der Waals surface area contributed by atoms with Gasteiger partial charge < -0.3 is 10.4 Å². The number of hydrogen-bond acceptors (Lipinski definition) is 3. The van der Waals surface area contributed by atoms with Crippen LogP contribution in [0.4, 0.5) is 0 Å². The molecule has 1 heterocycles. The van der Waals surface area contributed by atoms with E-state index in [1.54, 1.807) is 6.07 Å². The van der Waals surface area contributed by atoms with Crippen molar-refractivity contribution in [3.8, 4) is 0 Å². The number of hydrogen-bond donors (Lipinski definition) is 2. The topological polar surface area (TPSA) is 84.2 Å². The highest BCUT2D eigenvalue weighted by atomic mass is 16.4. The van der Waals surface area contributed by atoms with E-state index in [1.807, 2.05) is 17.8 Å². The van der Waals surface area contributed by atoms with Gasteiger partial charge in [0, 0.05) is 6.20 Å². The van der Waals surface area contributed by atoms with Crippen LogP contribution in [0.25, 0.3) is 0 Å². The highest BCUT2D eigenvalue weighted by Gasteiger charge is 2.23. The molecule has 1 aromatic heterocycles. The van der Waals surface area contributed by atoms with Crippen molar-refractivity contribution < 1.29 is 14.7 Å². The van der Waals surface area contributed by atoms with E-state index in [-0.39, 0.29) is 0 Å². The minimum absolute atomic E-state index is 0.296. The van der Waals surface area contributed by atoms with E-state index in [0.717, 1.165) is 25.7 Å². The molecule has 1 aliphatic rings. The quantitative estimate of drug-likeness (QED) is 0.808. The zero-order valence-corrected chi connectivity index (χ0v) is 12.4. The second kappa shape index (κ2) is 7.24. The Kier molecular flexibility index (Phi) is 5.36. The van der Waals surface area contributed by atoms with E-state index in [2.05, 4.69) is 10.4 Å². The second-order valence-electron chi connectivity index (χ2n) is 5.63. The van der Waals surface area contributed by atoms with E-state index < -0.39 is 17.9 Å². The lowest BCUT2D eigenvalue weighted by atomic mass is 10.1. The van der Waals surface area contributed by atoms with Crippen molar-refractivity contribution in [2.45, 2.75) is 64.0 Å². The van der Waals surface area contributed by atoms with Gasteiger partial charge >= 0.3 is 5.97 Å². The summed E-state index contributed by atoms with van der Waals surface area (Å²) in [6.07, 6.45) is 8.51. The first-order chi connectivity index (χ1) is 10.1. The summed E-state index contributed by atoms with van der Waals surface area (Å²) in [7, 11) is 0. The monoisotopic (exact) mass is 293 g/mol. The van der Waals surface area contributed by atoms with Crippen molar-refractivity contribution in [2.75, 3.05) is 0 Å². The Balaban J connectivity index is 1.96. The fourth-order valence-corrected chi connectivity index (χ4v) is 2.73. The minimum Gasteiger partial charge on any atom is -0.480 e. The van der Waals surface area contributed by atoms with E-state index in [0.29, 0.717) is 18.2 Å². The summed E-state index contributed by atoms with van der Waals surface area (Å²) >= 11 is 0. The average molecular weight is 293 g/mol. The molecule has 2 rings (SSSR count). The molecule has 0 radical (unpaired) electrons. The summed E-state index contributed by atoms with van der Waals surface area (Å²) in [5, 5.41) is 16.0. The lowest BCUT2D eigenvalue weighted by Gasteiger charge is -2.13. The molecular formula is C15H23N3O3. The Bertz CT molecular complexity index is 492. The minimum atomic E-state index is -0.993. The molecule has 0 aliphatic heterocycles. The van der Waals surface area contributed by atoms with Gasteiger partial charge in [0.25, 0.3) is 5.91 Å². The van der Waals surface area contributed by atoms with Gasteiger partial charge in [-0.3, -0.25) is 9.48 Å². The predicted molar refractivity (Wildman–Crippen MR) is 78.1 cm³/mol. The number of amides is 1. The zero-order chi connectivity index (χ0) is 15.2. The lowest BCUT2D eigenvalue weighted by molar-refractivity contribution is -0.139. The number of rotatable bonds is 7. The maximum atomic E-state index is 12.1. The van der Waals surface area contributed by atoms with Gasteiger partial charge in [0.15, 0.2) is 0 Å². The summed E-state index contributed by atoms with van der Waals surface area (Å²) in [5.41, 5.74) is 0.296. The smallest absolute Gasteiger partial charge is 0.326 e. The van der Waals surface area contributed by atoms with Gasteiger partial charge in [-0.2, -0.15) is 5.10 Å². The number of carboxylic acid groups (broad SMARTS) is 1. The first-order valence-corrected chi connectivity index (χ1v) is 7.70. The fraction of sp³-hybridized carbons (Fsp3) is 0.667. The molecule has 1 amide bonds. The Morgan fingerprint density at radius 3 is 2.81 bits per heavy atom. The standard InChI is InChI=1S/C15H23N3O3/c1-2-3-8-13(15(20)21)16-14(19)12-9-10-18(17-12)11-6-4-5-7-11/h9-11,13H,2-8H2,1H3,(H,16,19)(H,20,21). The number of aromatic nitrogens is 2. The lowest BCUT2D eigenvalue weighted by Crippen LogP contribution is -2.40. The highest BCUT2D eigenvalue weighted by molar-refractivity contribution is 5.94. The third-order valence-corrected chi connectivity index (χ3v) is 3.99. The highest BCUT2D eigenvalue weighted by Crippen LogP contribution is 2.28. The molecule has 116 valence electrons. The Hall–Kier alpha value is -1.85. The van der Waals surface area contributed by atoms with Crippen LogP contribution in [0.15, 0.2) is 12.3 Å². The third kappa shape index (κ3) is 4.06. The summed E-state index contributed by atoms with van der Waals surface area (Å²) in [5.74, 6) is -1.40. The number of nitrogens with one attached hydrogen (secondary N) is 1. The van der Waals surface area contributed by atoms with Crippen LogP contribution in [-0.2, 0) is 4.79 Å². The molecule has 1 saturated carbocycles. The first-order valence-electron chi connectivity index (χ1n) is 7.70. The summed E-state index contributed by atoms with van der Waals surface area (Å²) in [6, 6.07) is 1.20. The fourth-order valence-electron chi connectivity index (χ4n) is 2.73. The van der Waals surface area contributed by atoms with Gasteiger partial charge in [-0.25, -0.2) is 4.79 Å². The molecule has 1 fully saturated rings. The van der Waals surface area contributed by atoms with Crippen LogP contribution in [0.1, 0.15) is 68.4 Å². The van der Waals surface area contributed by atoms with Gasteiger partial charge in [0.1, 0.15) is 11.7 Å². The van der Waals surface area contributed by atoms with Gasteiger partial charge in [-0.05, 0) is 25.3 Å². The van der Waals surface area contributed by atoms with Gasteiger partial charge in [0.05, 0.1) is 6.04 Å². The zero-order valence-electron chi connectivity index (χ0n) is 12.4. The predicted octanol–water partition coefficient (Wildman–Crippen LogP) is 2.37. The number of unbranched alkanes of at least 4 members (excludes halogenated alkanes) is 1. The van der Waals surface area contributed by atoms with Crippen molar-refractivity contribution in [2.24, 2.45) is 0 Å². The molecule has 0 aromatic carbocycles. The van der Waals surface area contributed by atoms with Crippen LogP contribution in [-0.4, -0.2) is 32.8 Å². The largest absolute Gasteiger partial charge is 0.480 e. The van der Waals surface area contributed by atoms with Gasteiger partial charge in [-0.1, -0.05) is 32.6 Å². The Morgan fingerprint density at radius 2 is 2.19 bits per heavy atom. The molecule has 0 saturated heterocycles. The maximum Gasteiger partial charge on any atom is 0.326 e. The normalized spacial score (nSPS) is 16.8. The molecule has 1 aliphatic carbocycles. The van der Waals surface area contributed by atoms with Crippen molar-refractivity contribution >= 4 is 11.9 Å². The van der Waals surface area contributed by atoms with Crippen LogP contribution < -0.4 is 5.32 Å². The molecule has 1 atom stereocenters. The molecular weight excluding hydrogens is 270 g/mol. The van der Waals surface area contributed by atoms with Crippen molar-refractivity contribution in [1.82, 2.24) is 15.1 Å². The van der Waals surface area contributed by atoms with E-state index in [1.165, 1.54) is 12.8 Å². The molecule has 6 heteroatoms. The van der Waals surface area contributed by atoms with Crippen LogP contribution in [0.2, 0.25) is 0 Å². The second-order valence-corrected chi connectivity index (χ2v) is 5.63. The van der Waals surface area contributed by atoms with Crippen molar-refractivity contribution in [3.63, 3.8) is 0 Å². The van der Waals surface area contributed by atoms with Gasteiger partial charge in [0.2, 0.25) is 0 Å². The molecule has 6 nitrogen and oxygen atoms in total. The molecule has 1 unspecified atom stereocenters. The molecule has 0 bridgehead atoms. The van der Waals surface area contributed by atoms with Crippen LogP contribution in [0.3, 0.4) is 0 Å². The van der Waals surface area contributed by atoms with Crippen LogP contribution in [0.5, 0.6) is 0 Å². The van der Waals surface area contributed by atoms with Crippen molar-refractivity contribution in [1.29, 1.82) is 0 Å². The number of aliphatic carboxylic acids is 1. The summed E-state index contributed by atoms with van der Waals surface area (Å²) < 4.78 is 1.84. The van der Waals surface area contributed by atoms with Crippen LogP contribution >= 0.6 is 0 Å². The number of carbonyl (C=O) groups excluding carboxylic acids is 1.